The molecule has 22 nitrogen and oxygen atoms in total. The Balaban J connectivity index is 1.02. The van der Waals surface area contributed by atoms with Crippen LogP contribution in [0.3, 0.4) is 0 Å². The molecule has 0 unspecified atom stereocenters. The average Bonchev–Trinajstić information content (AvgIpc) is 1.62. The highest BCUT2D eigenvalue weighted by molar-refractivity contribution is 6.05. The van der Waals surface area contributed by atoms with Gasteiger partial charge in [-0.05, 0) is 153 Å². The van der Waals surface area contributed by atoms with E-state index < -0.39 is 106 Å². The molecule has 4 aromatic carbocycles. The minimum Gasteiger partial charge on any atom is -0.444 e. The molecular formula is C66H85F3N10O12. The molecule has 0 saturated carbocycles. The monoisotopic (exact) mass is 1270 g/mol. The van der Waals surface area contributed by atoms with Crippen molar-refractivity contribution in [3.8, 4) is 0 Å². The van der Waals surface area contributed by atoms with Gasteiger partial charge >= 0.3 is 12.2 Å². The van der Waals surface area contributed by atoms with E-state index >= 15 is 13.6 Å². The molecule has 492 valence electrons. The lowest BCUT2D eigenvalue weighted by atomic mass is 9.83. The van der Waals surface area contributed by atoms with Gasteiger partial charge in [0.1, 0.15) is 52.5 Å². The largest absolute Gasteiger partial charge is 0.444 e. The topological polar surface area (TPSA) is 241 Å². The average molecular weight is 1270 g/mol. The van der Waals surface area contributed by atoms with Crippen LogP contribution in [-0.2, 0) is 66.1 Å². The summed E-state index contributed by atoms with van der Waals surface area (Å²) in [5.41, 5.74) is -0.538. The predicted molar refractivity (Wildman–Crippen MR) is 333 cm³/mol. The van der Waals surface area contributed by atoms with Crippen molar-refractivity contribution in [3.63, 3.8) is 0 Å². The van der Waals surface area contributed by atoms with E-state index in [2.05, 4.69) is 38.0 Å². The third kappa shape index (κ3) is 16.3. The van der Waals surface area contributed by atoms with Crippen LogP contribution in [-0.4, -0.2) is 193 Å². The first kappa shape index (κ1) is 68.8. The van der Waals surface area contributed by atoms with Crippen LogP contribution in [0, 0.1) is 17.5 Å². The zero-order valence-electron chi connectivity index (χ0n) is 54.0. The highest BCUT2D eigenvalue weighted by Crippen LogP contribution is 2.43. The van der Waals surface area contributed by atoms with Crippen molar-refractivity contribution in [2.45, 2.75) is 148 Å². The minimum absolute atomic E-state index is 0.0647. The molecule has 0 aliphatic carbocycles. The number of nitrogens with one attached hydrogen (secondary N) is 4. The summed E-state index contributed by atoms with van der Waals surface area (Å²) in [6.45, 7) is 20.9. The third-order valence-electron chi connectivity index (χ3n) is 17.0. The van der Waals surface area contributed by atoms with Gasteiger partial charge in [-0.3, -0.25) is 43.5 Å². The summed E-state index contributed by atoms with van der Waals surface area (Å²) < 4.78 is 66.8. The van der Waals surface area contributed by atoms with Gasteiger partial charge in [0.05, 0.1) is 37.8 Å². The van der Waals surface area contributed by atoms with Gasteiger partial charge in [0.2, 0.25) is 29.5 Å². The maximum absolute atomic E-state index is 15.1. The Morgan fingerprint density at radius 3 is 2.12 bits per heavy atom. The van der Waals surface area contributed by atoms with Crippen molar-refractivity contribution >= 4 is 64.7 Å². The smallest absolute Gasteiger partial charge is 0.410 e. The maximum atomic E-state index is 15.1. The molecule has 4 N–H and O–H groups in total. The first-order valence-electron chi connectivity index (χ1n) is 30.5. The number of carbonyl (C=O) groups excluding carboxylic acids is 8. The first-order chi connectivity index (χ1) is 42.7. The lowest BCUT2D eigenvalue weighted by Gasteiger charge is -2.47. The van der Waals surface area contributed by atoms with Crippen molar-refractivity contribution in [3.05, 3.63) is 124 Å². The number of amides is 8. The lowest BCUT2D eigenvalue weighted by Crippen LogP contribution is -2.64. The van der Waals surface area contributed by atoms with Gasteiger partial charge in [0.25, 0.3) is 5.91 Å². The van der Waals surface area contributed by atoms with Gasteiger partial charge in [-0.2, -0.15) is 0 Å². The van der Waals surface area contributed by atoms with E-state index in [0.29, 0.717) is 62.6 Å². The number of likely N-dealkylation sites (N-methyl/N-ethyl adjacent to an activating group) is 1. The number of fused-ring (bicyclic) bond motifs is 2. The van der Waals surface area contributed by atoms with E-state index in [-0.39, 0.29) is 60.7 Å². The Morgan fingerprint density at radius 2 is 1.47 bits per heavy atom. The Morgan fingerprint density at radius 1 is 0.802 bits per heavy atom. The molecule has 4 heterocycles. The maximum Gasteiger partial charge on any atom is 0.410 e. The zero-order valence-corrected chi connectivity index (χ0v) is 54.0. The van der Waals surface area contributed by atoms with Crippen LogP contribution >= 0.6 is 0 Å². The van der Waals surface area contributed by atoms with Crippen molar-refractivity contribution in [1.29, 1.82) is 0 Å². The number of benzene rings is 4. The summed E-state index contributed by atoms with van der Waals surface area (Å²) >= 11 is 0. The van der Waals surface area contributed by atoms with Crippen LogP contribution in [0.15, 0.2) is 78.9 Å². The summed E-state index contributed by atoms with van der Waals surface area (Å²) in [7, 11) is 2.65. The van der Waals surface area contributed by atoms with Crippen molar-refractivity contribution in [2.75, 3.05) is 88.7 Å². The molecule has 2 saturated heterocycles. The molecule has 25 heteroatoms. The Labute approximate surface area is 529 Å². The number of methoxy groups -OCH3 is 1. The number of halogens is 3. The Kier molecular flexibility index (Phi) is 21.3. The predicted octanol–water partition coefficient (Wildman–Crippen LogP) is 6.88. The number of para-hydroxylation sites is 1. The van der Waals surface area contributed by atoms with E-state index in [0.717, 1.165) is 39.1 Å². The SMILES string of the molecule is CO[C@H](C)[C@H](NC(=O)[C@H](C)N(C)C(=O)OC(C)(C)C)C(=O)N1Cc2ccc(NC(=O)CNC(=O)[C@]3(C)CN(C(=O)CN4C[C@@H](C)N(C(=O)OC(C)(C)C)C[C@@H]4CN4CCOC[C@H]4C)c4cc(Cc5ccc(F)cc5)ccc43)cc2[C@H]1C(=O)Nc1c(F)cccc1F. The molecule has 0 bridgehead atoms. The normalized spacial score (nSPS) is 21.2. The van der Waals surface area contributed by atoms with Crippen LogP contribution < -0.4 is 26.2 Å². The number of morpholine rings is 1. The second kappa shape index (κ2) is 28.2. The van der Waals surface area contributed by atoms with Crippen LogP contribution in [0.2, 0.25) is 0 Å². The van der Waals surface area contributed by atoms with Gasteiger partial charge < -0.3 is 54.9 Å². The highest BCUT2D eigenvalue weighted by Gasteiger charge is 2.49. The van der Waals surface area contributed by atoms with Crippen molar-refractivity contribution < 1.29 is 70.5 Å². The standard InChI is InChI=1S/C66H85F3N10O12/c1-38-31-76(47(33-75-25-26-89-36-39(75)2)34-77(38)63(87)91-65(8,9)10)35-54(81)79-37-66(11,49-24-19-43(28-52(49)79)27-42-17-21-45(67)22-18-42)61(85)70-30-53(80)71-46-23-20-44-32-78(57(48(44)29-46)59(83)73-56-50(68)15-14-16-51(56)69)60(84)55(41(4)88-13)72-58(82)40(3)74(12)62(86)90-64(5,6)7/h14-24,28-29,38-41,47,55,57H,25-27,30-37H2,1-13H3,(H,70,85)(H,71,80)(H,72,82)(H,73,83)/t38-,39-,40+,41-,47+,55+,57+,66-/m1/s1. The summed E-state index contributed by atoms with van der Waals surface area (Å²) in [5.74, 6) is -6.83. The Bertz CT molecular complexity index is 3380. The first-order valence-corrected chi connectivity index (χ1v) is 30.5. The fourth-order valence-electron chi connectivity index (χ4n) is 11.7. The van der Waals surface area contributed by atoms with Crippen LogP contribution in [0.4, 0.5) is 39.8 Å². The van der Waals surface area contributed by atoms with E-state index in [1.807, 2.05) is 39.8 Å². The molecule has 4 aliphatic heterocycles. The van der Waals surface area contributed by atoms with E-state index in [1.54, 1.807) is 61.8 Å². The second-order valence-corrected chi connectivity index (χ2v) is 26.2. The van der Waals surface area contributed by atoms with Gasteiger partial charge in [-0.1, -0.05) is 36.4 Å². The molecule has 8 rings (SSSR count). The molecule has 0 spiro atoms. The number of nitrogens with zero attached hydrogens (tertiary/aromatic N) is 6. The molecule has 4 aliphatic rings. The van der Waals surface area contributed by atoms with Gasteiger partial charge in [-0.25, -0.2) is 22.8 Å². The number of hydrogen-bond donors (Lipinski definition) is 4. The van der Waals surface area contributed by atoms with Crippen molar-refractivity contribution in [1.82, 2.24) is 35.1 Å². The van der Waals surface area contributed by atoms with Gasteiger partial charge in [0.15, 0.2) is 0 Å². The molecule has 2 fully saturated rings. The molecule has 0 radical (unpaired) electrons. The van der Waals surface area contributed by atoms with Gasteiger partial charge in [0, 0.05) is 82.9 Å². The summed E-state index contributed by atoms with van der Waals surface area (Å²) in [4.78, 5) is 123. The quantitative estimate of drug-likeness (QED) is 0.0794. The lowest BCUT2D eigenvalue weighted by molar-refractivity contribution is -0.145. The fraction of sp³-hybridized carbons (Fsp3) is 0.515. The van der Waals surface area contributed by atoms with E-state index in [9.17, 15) is 38.0 Å². The number of ether oxygens (including phenoxy) is 4. The Hall–Kier alpha value is -8.13. The molecule has 8 atom stereocenters. The summed E-state index contributed by atoms with van der Waals surface area (Å²) in [6, 6.07) is 14.2. The third-order valence-corrected chi connectivity index (χ3v) is 17.0. The fourth-order valence-corrected chi connectivity index (χ4v) is 11.7. The van der Waals surface area contributed by atoms with E-state index in [1.165, 1.54) is 52.3 Å². The van der Waals surface area contributed by atoms with Crippen LogP contribution in [0.1, 0.15) is 110 Å². The molecule has 4 aromatic rings. The number of carbonyl (C=O) groups is 8. The second-order valence-electron chi connectivity index (χ2n) is 26.2. The summed E-state index contributed by atoms with van der Waals surface area (Å²) in [5, 5.41) is 10.5. The molecule has 0 aromatic heterocycles. The van der Waals surface area contributed by atoms with Crippen LogP contribution in [0.5, 0.6) is 0 Å². The van der Waals surface area contributed by atoms with Crippen LogP contribution in [0.25, 0.3) is 0 Å². The molecule has 8 amide bonds. The number of anilines is 3. The molecular weight excluding hydrogens is 1180 g/mol. The number of rotatable bonds is 18. The zero-order chi connectivity index (χ0) is 66.6. The van der Waals surface area contributed by atoms with E-state index in [4.69, 9.17) is 18.9 Å². The van der Waals surface area contributed by atoms with Crippen molar-refractivity contribution in [2.24, 2.45) is 0 Å². The summed E-state index contributed by atoms with van der Waals surface area (Å²) in [6.07, 6.45) is -1.90. The molecule has 91 heavy (non-hydrogen) atoms. The highest BCUT2D eigenvalue weighted by atomic mass is 19.1. The number of hydrogen-bond acceptors (Lipinski definition) is 14. The van der Waals surface area contributed by atoms with Gasteiger partial charge in [-0.15, -0.1) is 0 Å². The minimum atomic E-state index is -1.61. The number of piperazine rings is 1.